The molecule has 0 N–H and O–H groups in total. The zero-order valence-electron chi connectivity index (χ0n) is 11.1. The number of hydrogen-bond acceptors (Lipinski definition) is 5. The molecule has 0 saturated heterocycles. The molecule has 7 nitrogen and oxygen atoms in total. The number of hydrogen-bond donors (Lipinski definition) is 0. The second kappa shape index (κ2) is 6.58. The molecular formula is C12H16N2O5. The van der Waals surface area contributed by atoms with Crippen LogP contribution in [-0.4, -0.2) is 43.7 Å². The number of methoxy groups -OCH3 is 2. The van der Waals surface area contributed by atoms with Crippen LogP contribution in [0.2, 0.25) is 0 Å². The molecule has 0 fully saturated rings. The molecule has 2 rings (SSSR count). The molecule has 0 amide bonds. The van der Waals surface area contributed by atoms with Crippen LogP contribution in [0, 0.1) is 15.3 Å². The Bertz CT molecular complexity index is 495. The van der Waals surface area contributed by atoms with E-state index in [4.69, 9.17) is 24.8 Å². The first kappa shape index (κ1) is 14.7. The fourth-order valence-corrected chi connectivity index (χ4v) is 1.87. The third kappa shape index (κ3) is 4.13. The molecule has 0 atom stereocenters. The van der Waals surface area contributed by atoms with Gasteiger partial charge in [0.25, 0.3) is 0 Å². The average molecular weight is 268 g/mol. The lowest BCUT2D eigenvalue weighted by Gasteiger charge is -2.14. The minimum absolute atomic E-state index is 0.794. The third-order valence-corrected chi connectivity index (χ3v) is 2.74. The maximum Gasteiger partial charge on any atom is 0.170 e. The van der Waals surface area contributed by atoms with E-state index in [9.17, 15) is 0 Å². The van der Waals surface area contributed by atoms with Gasteiger partial charge < -0.3 is 24.8 Å². The van der Waals surface area contributed by atoms with E-state index < -0.39 is 5.09 Å². The van der Waals surface area contributed by atoms with E-state index in [0.717, 1.165) is 24.5 Å². The molecule has 0 aromatic heterocycles. The molecule has 0 spiro atoms. The van der Waals surface area contributed by atoms with Crippen LogP contribution in [0.1, 0.15) is 11.1 Å². The van der Waals surface area contributed by atoms with Gasteiger partial charge in [0.1, 0.15) is 13.6 Å². The predicted octanol–water partition coefficient (Wildman–Crippen LogP) is 1.08. The van der Waals surface area contributed by atoms with Crippen molar-refractivity contribution in [2.75, 3.05) is 27.8 Å². The van der Waals surface area contributed by atoms with Crippen molar-refractivity contribution in [2.45, 2.75) is 6.42 Å². The quantitative estimate of drug-likeness (QED) is 0.455. The number of nitrogens with zero attached hydrogens (tertiary/aromatic N) is 2. The topological polar surface area (TPSA) is 87.7 Å². The van der Waals surface area contributed by atoms with Crippen LogP contribution in [0.3, 0.4) is 0 Å². The normalized spacial score (nSPS) is 12.5. The monoisotopic (exact) mass is 268 g/mol. The van der Waals surface area contributed by atoms with Gasteiger partial charge in [0, 0.05) is 12.0 Å². The van der Waals surface area contributed by atoms with E-state index >= 15 is 0 Å². The van der Waals surface area contributed by atoms with Gasteiger partial charge in [0.15, 0.2) is 17.7 Å². The van der Waals surface area contributed by atoms with E-state index in [1.165, 1.54) is 11.1 Å². The maximum atomic E-state index is 8.25. The minimum atomic E-state index is -1.75. The van der Waals surface area contributed by atoms with Gasteiger partial charge >= 0.3 is 0 Å². The highest BCUT2D eigenvalue weighted by Gasteiger charge is 2.16. The molecule has 7 heteroatoms. The Morgan fingerprint density at radius 1 is 1.21 bits per heavy atom. The van der Waals surface area contributed by atoms with Crippen molar-refractivity contribution in [2.24, 2.45) is 0 Å². The van der Waals surface area contributed by atoms with Crippen molar-refractivity contribution in [1.82, 2.24) is 0 Å². The lowest BCUT2D eigenvalue weighted by Crippen LogP contribution is -2.18. The van der Waals surface area contributed by atoms with E-state index in [0.29, 0.717) is 0 Å². The standard InChI is InChI=1S/C12H16NO2.NO3/c1-13-5-4-9-6-11(14-2)12(15-3)7-10(9)8-13;2-1(3)4/h6-8H,4-5H2,1-3H3;/q+1;-1. The lowest BCUT2D eigenvalue weighted by atomic mass is 10.0. The summed E-state index contributed by atoms with van der Waals surface area (Å²) in [6.07, 6.45) is 3.20. The van der Waals surface area contributed by atoms with Crippen LogP contribution in [-0.2, 0) is 6.42 Å². The average Bonchev–Trinajstić information content (AvgIpc) is 2.36. The number of likely N-dealkylation sites (N-methyl/N-ethyl adjacent to an activating group) is 1. The Kier molecular flexibility index (Phi) is 5.11. The fourth-order valence-electron chi connectivity index (χ4n) is 1.87. The minimum Gasteiger partial charge on any atom is -0.493 e. The Morgan fingerprint density at radius 3 is 2.26 bits per heavy atom. The van der Waals surface area contributed by atoms with Gasteiger partial charge in [-0.1, -0.05) is 0 Å². The molecule has 0 radical (unpaired) electrons. The van der Waals surface area contributed by atoms with Gasteiger partial charge in [0.2, 0.25) is 0 Å². The maximum absolute atomic E-state index is 8.25. The Morgan fingerprint density at radius 2 is 1.74 bits per heavy atom. The molecule has 0 unspecified atom stereocenters. The van der Waals surface area contributed by atoms with E-state index in [1.807, 2.05) is 6.07 Å². The molecule has 19 heavy (non-hydrogen) atoms. The molecule has 1 aliphatic heterocycles. The van der Waals surface area contributed by atoms with E-state index in [-0.39, 0.29) is 0 Å². The Labute approximate surface area is 110 Å². The first-order chi connectivity index (χ1) is 8.97. The summed E-state index contributed by atoms with van der Waals surface area (Å²) in [7, 11) is 5.42. The summed E-state index contributed by atoms with van der Waals surface area (Å²) >= 11 is 0. The molecular weight excluding hydrogens is 252 g/mol. The fraction of sp³-hybridized carbons (Fsp3) is 0.417. The van der Waals surface area contributed by atoms with Gasteiger partial charge in [-0.2, -0.15) is 0 Å². The molecule has 104 valence electrons. The number of ether oxygens (including phenoxy) is 2. The van der Waals surface area contributed by atoms with Crippen molar-refractivity contribution in [3.8, 4) is 11.5 Å². The largest absolute Gasteiger partial charge is 0.493 e. The van der Waals surface area contributed by atoms with Crippen molar-refractivity contribution in [1.29, 1.82) is 0 Å². The van der Waals surface area contributed by atoms with Crippen LogP contribution < -0.4 is 9.47 Å². The molecule has 0 aliphatic carbocycles. The summed E-state index contributed by atoms with van der Waals surface area (Å²) in [6.45, 7) is 1.06. The van der Waals surface area contributed by atoms with Gasteiger partial charge in [-0.25, -0.2) is 4.58 Å². The first-order valence-electron chi connectivity index (χ1n) is 5.59. The summed E-state index contributed by atoms with van der Waals surface area (Å²) in [4.78, 5) is 8.25. The zero-order chi connectivity index (χ0) is 14.4. The van der Waals surface area contributed by atoms with E-state index in [2.05, 4.69) is 23.9 Å². The highest BCUT2D eigenvalue weighted by Crippen LogP contribution is 2.30. The smallest absolute Gasteiger partial charge is 0.170 e. The molecule has 1 aliphatic rings. The molecule has 1 heterocycles. The third-order valence-electron chi connectivity index (χ3n) is 2.74. The van der Waals surface area contributed by atoms with Crippen LogP contribution >= 0.6 is 0 Å². The number of fused-ring (bicyclic) bond motifs is 1. The Hall–Kier alpha value is -2.31. The van der Waals surface area contributed by atoms with Crippen LogP contribution in [0.4, 0.5) is 0 Å². The second-order valence-corrected chi connectivity index (χ2v) is 3.99. The lowest BCUT2D eigenvalue weighted by molar-refractivity contribution is -0.493. The first-order valence-corrected chi connectivity index (χ1v) is 5.59. The predicted molar refractivity (Wildman–Crippen MR) is 69.8 cm³/mol. The van der Waals surface area contributed by atoms with E-state index in [1.54, 1.807) is 14.2 Å². The van der Waals surface area contributed by atoms with Gasteiger partial charge in [-0.15, -0.1) is 0 Å². The van der Waals surface area contributed by atoms with Crippen LogP contribution in [0.25, 0.3) is 0 Å². The molecule has 0 saturated carbocycles. The molecule has 0 bridgehead atoms. The van der Waals surface area contributed by atoms with Crippen molar-refractivity contribution in [3.05, 3.63) is 38.6 Å². The van der Waals surface area contributed by atoms with Crippen LogP contribution in [0.15, 0.2) is 12.1 Å². The Balaban J connectivity index is 0.000000399. The SMILES string of the molecule is COc1cc2c(cc1OC)CC[N+](C)=C2.O=[N+]([O-])[O-]. The highest BCUT2D eigenvalue weighted by molar-refractivity contribution is 5.80. The number of benzene rings is 1. The summed E-state index contributed by atoms with van der Waals surface area (Å²) < 4.78 is 12.7. The van der Waals surface area contributed by atoms with Crippen molar-refractivity contribution in [3.63, 3.8) is 0 Å². The van der Waals surface area contributed by atoms with Gasteiger partial charge in [-0.3, -0.25) is 0 Å². The van der Waals surface area contributed by atoms with Crippen molar-refractivity contribution < 1.29 is 19.1 Å². The second-order valence-electron chi connectivity index (χ2n) is 3.99. The van der Waals surface area contributed by atoms with Crippen molar-refractivity contribution >= 4 is 6.21 Å². The molecule has 1 aromatic rings. The summed E-state index contributed by atoms with van der Waals surface area (Å²) in [6, 6.07) is 4.10. The highest BCUT2D eigenvalue weighted by atomic mass is 16.9. The van der Waals surface area contributed by atoms with Gasteiger partial charge in [0.05, 0.1) is 19.3 Å². The summed E-state index contributed by atoms with van der Waals surface area (Å²) in [5, 5.41) is 14.8. The zero-order valence-corrected chi connectivity index (χ0v) is 11.1. The summed E-state index contributed by atoms with van der Waals surface area (Å²) in [5.74, 6) is 1.61. The summed E-state index contributed by atoms with van der Waals surface area (Å²) in [5.41, 5.74) is 2.55. The number of rotatable bonds is 2. The van der Waals surface area contributed by atoms with Gasteiger partial charge in [-0.05, 0) is 17.7 Å². The van der Waals surface area contributed by atoms with Crippen LogP contribution in [0.5, 0.6) is 11.5 Å². The molecule has 1 aromatic carbocycles.